The maximum Gasteiger partial charge on any atom is 0.117 e. The molecule has 0 aromatic rings. The highest BCUT2D eigenvalue weighted by atomic mass is 19.1. The Morgan fingerprint density at radius 2 is 1.76 bits per heavy atom. The number of hydrogen-bond donors (Lipinski definition) is 1. The molecule has 1 saturated heterocycles. The maximum atomic E-state index is 14.6. The van der Waals surface area contributed by atoms with Gasteiger partial charge in [0, 0.05) is 12.6 Å². The Balaban J connectivity index is 1.67. The summed E-state index contributed by atoms with van der Waals surface area (Å²) >= 11 is 0. The molecule has 2 aliphatic carbocycles. The molecule has 98 valence electrons. The minimum Gasteiger partial charge on any atom is -0.375 e. The topological polar surface area (TPSA) is 35.2 Å². The van der Waals surface area contributed by atoms with Gasteiger partial charge in [-0.15, -0.1) is 0 Å². The minimum absolute atomic E-state index is 0.0277. The van der Waals surface area contributed by atoms with Gasteiger partial charge in [-0.1, -0.05) is 19.3 Å². The smallest absolute Gasteiger partial charge is 0.117 e. The van der Waals surface area contributed by atoms with Crippen molar-refractivity contribution >= 4 is 0 Å². The average molecular weight is 241 g/mol. The van der Waals surface area contributed by atoms with E-state index in [2.05, 4.69) is 0 Å². The van der Waals surface area contributed by atoms with E-state index in [1.54, 1.807) is 0 Å². The normalized spacial score (nSPS) is 45.5. The lowest BCUT2D eigenvalue weighted by atomic mass is 9.63. The van der Waals surface area contributed by atoms with Crippen molar-refractivity contribution in [1.29, 1.82) is 0 Å². The molecule has 1 heterocycles. The van der Waals surface area contributed by atoms with Crippen molar-refractivity contribution in [2.24, 2.45) is 11.7 Å². The lowest BCUT2D eigenvalue weighted by molar-refractivity contribution is -0.155. The number of hydrogen-bond acceptors (Lipinski definition) is 2. The molecule has 3 fully saturated rings. The van der Waals surface area contributed by atoms with E-state index in [4.69, 9.17) is 10.5 Å². The number of nitrogens with two attached hydrogens (primary N) is 1. The predicted octanol–water partition coefficient (Wildman–Crippen LogP) is 2.95. The van der Waals surface area contributed by atoms with Gasteiger partial charge >= 0.3 is 0 Å². The average Bonchev–Trinajstić information content (AvgIpc) is 2.28. The van der Waals surface area contributed by atoms with Gasteiger partial charge in [0.05, 0.1) is 5.60 Å². The van der Waals surface area contributed by atoms with Gasteiger partial charge < -0.3 is 10.5 Å². The van der Waals surface area contributed by atoms with E-state index in [0.717, 1.165) is 32.3 Å². The van der Waals surface area contributed by atoms with Crippen molar-refractivity contribution < 1.29 is 9.13 Å². The summed E-state index contributed by atoms with van der Waals surface area (Å²) in [5.41, 5.74) is 4.82. The van der Waals surface area contributed by atoms with Gasteiger partial charge in [0.25, 0.3) is 0 Å². The first-order valence-electron chi connectivity index (χ1n) is 7.20. The third-order valence-corrected chi connectivity index (χ3v) is 5.19. The van der Waals surface area contributed by atoms with Crippen molar-refractivity contribution in [3.63, 3.8) is 0 Å². The van der Waals surface area contributed by atoms with Crippen LogP contribution in [0.25, 0.3) is 0 Å². The summed E-state index contributed by atoms with van der Waals surface area (Å²) in [6.45, 7) is 0.756. The van der Waals surface area contributed by atoms with Crippen molar-refractivity contribution in [3.05, 3.63) is 0 Å². The predicted molar refractivity (Wildman–Crippen MR) is 65.5 cm³/mol. The molecule has 3 rings (SSSR count). The largest absolute Gasteiger partial charge is 0.375 e. The Bertz CT molecular complexity index is 276. The zero-order valence-corrected chi connectivity index (χ0v) is 10.6. The van der Waals surface area contributed by atoms with Crippen LogP contribution >= 0.6 is 0 Å². The Kier molecular flexibility index (Phi) is 2.94. The second kappa shape index (κ2) is 4.20. The SMILES string of the molecule is NC1CC(F)(C2CCOC3(CCCCC3)C2)C1. The molecule has 2 nitrogen and oxygen atoms in total. The third kappa shape index (κ3) is 2.12. The Morgan fingerprint density at radius 1 is 1.06 bits per heavy atom. The lowest BCUT2D eigenvalue weighted by Gasteiger charge is -2.51. The fraction of sp³-hybridized carbons (Fsp3) is 1.00. The molecule has 1 unspecified atom stereocenters. The molecule has 1 atom stereocenters. The standard InChI is InChI=1S/C14H24FNO/c15-14(9-12(16)10-14)11-4-7-17-13(8-11)5-2-1-3-6-13/h11-12H,1-10,16H2. The van der Waals surface area contributed by atoms with Crippen molar-refractivity contribution in [2.45, 2.75) is 75.1 Å². The number of ether oxygens (including phenoxy) is 1. The van der Waals surface area contributed by atoms with Crippen LogP contribution in [0, 0.1) is 5.92 Å². The summed E-state index contributed by atoms with van der Waals surface area (Å²) in [5.74, 6) is 0.203. The minimum atomic E-state index is -0.965. The van der Waals surface area contributed by atoms with Crippen LogP contribution in [0.3, 0.4) is 0 Å². The van der Waals surface area contributed by atoms with Crippen molar-refractivity contribution in [1.82, 2.24) is 0 Å². The van der Waals surface area contributed by atoms with Gasteiger partial charge in [-0.05, 0) is 44.4 Å². The Morgan fingerprint density at radius 3 is 2.41 bits per heavy atom. The van der Waals surface area contributed by atoms with Gasteiger partial charge in [0.1, 0.15) is 5.67 Å². The zero-order valence-electron chi connectivity index (χ0n) is 10.6. The second-order valence-electron chi connectivity index (χ2n) is 6.48. The van der Waals surface area contributed by atoms with Gasteiger partial charge in [-0.25, -0.2) is 4.39 Å². The Labute approximate surface area is 103 Å². The summed E-state index contributed by atoms with van der Waals surface area (Å²) in [4.78, 5) is 0. The molecule has 2 saturated carbocycles. The van der Waals surface area contributed by atoms with Gasteiger partial charge in [-0.3, -0.25) is 0 Å². The number of alkyl halides is 1. The summed E-state index contributed by atoms with van der Waals surface area (Å²) in [6.07, 6.45) is 9.11. The van der Waals surface area contributed by atoms with Crippen LogP contribution in [0.15, 0.2) is 0 Å². The van der Waals surface area contributed by atoms with E-state index in [0.29, 0.717) is 12.8 Å². The van der Waals surface area contributed by atoms with Crippen LogP contribution < -0.4 is 5.73 Å². The quantitative estimate of drug-likeness (QED) is 0.766. The molecule has 0 aromatic carbocycles. The molecule has 0 amide bonds. The highest BCUT2D eigenvalue weighted by molar-refractivity contribution is 5.05. The van der Waals surface area contributed by atoms with Gasteiger partial charge in [0.2, 0.25) is 0 Å². The first-order chi connectivity index (χ1) is 8.12. The highest BCUT2D eigenvalue weighted by Gasteiger charge is 2.53. The third-order valence-electron chi connectivity index (χ3n) is 5.19. The molecule has 3 heteroatoms. The molecule has 17 heavy (non-hydrogen) atoms. The zero-order chi connectivity index (χ0) is 11.9. The molecule has 1 aliphatic heterocycles. The van der Waals surface area contributed by atoms with Gasteiger partial charge in [0.15, 0.2) is 0 Å². The molecule has 0 aromatic heterocycles. The van der Waals surface area contributed by atoms with E-state index < -0.39 is 5.67 Å². The highest BCUT2D eigenvalue weighted by Crippen LogP contribution is 2.50. The van der Waals surface area contributed by atoms with Crippen LogP contribution in [-0.4, -0.2) is 23.9 Å². The van der Waals surface area contributed by atoms with E-state index in [1.165, 1.54) is 19.3 Å². The maximum absolute atomic E-state index is 14.6. The molecule has 0 bridgehead atoms. The summed E-state index contributed by atoms with van der Waals surface area (Å²) < 4.78 is 20.7. The molecule has 1 spiro atoms. The number of halogens is 1. The summed E-state index contributed by atoms with van der Waals surface area (Å²) in [6, 6.07) is 0.102. The summed E-state index contributed by atoms with van der Waals surface area (Å²) in [5, 5.41) is 0. The van der Waals surface area contributed by atoms with Crippen molar-refractivity contribution in [2.75, 3.05) is 6.61 Å². The first kappa shape index (κ1) is 11.9. The molecule has 3 aliphatic rings. The van der Waals surface area contributed by atoms with Crippen molar-refractivity contribution in [3.8, 4) is 0 Å². The fourth-order valence-corrected chi connectivity index (χ4v) is 4.16. The van der Waals surface area contributed by atoms with Crippen LogP contribution in [-0.2, 0) is 4.74 Å². The molecular formula is C14H24FNO. The first-order valence-corrected chi connectivity index (χ1v) is 7.20. The van der Waals surface area contributed by atoms with E-state index in [9.17, 15) is 4.39 Å². The van der Waals surface area contributed by atoms with Crippen LogP contribution in [0.2, 0.25) is 0 Å². The second-order valence-corrected chi connectivity index (χ2v) is 6.48. The molecule has 2 N–H and O–H groups in total. The Hall–Kier alpha value is -0.150. The van der Waals surface area contributed by atoms with E-state index in [-0.39, 0.29) is 17.6 Å². The van der Waals surface area contributed by atoms with E-state index >= 15 is 0 Å². The monoisotopic (exact) mass is 241 g/mol. The number of rotatable bonds is 1. The lowest BCUT2D eigenvalue weighted by Crippen LogP contribution is -2.56. The van der Waals surface area contributed by atoms with Crippen LogP contribution in [0.4, 0.5) is 4.39 Å². The van der Waals surface area contributed by atoms with Gasteiger partial charge in [-0.2, -0.15) is 0 Å². The molecular weight excluding hydrogens is 217 g/mol. The summed E-state index contributed by atoms with van der Waals surface area (Å²) in [7, 11) is 0. The fourth-order valence-electron chi connectivity index (χ4n) is 4.16. The molecule has 0 radical (unpaired) electrons. The van der Waals surface area contributed by atoms with E-state index in [1.807, 2.05) is 0 Å². The van der Waals surface area contributed by atoms with Crippen LogP contribution in [0.5, 0.6) is 0 Å². The van der Waals surface area contributed by atoms with Crippen LogP contribution in [0.1, 0.15) is 57.8 Å².